The van der Waals surface area contributed by atoms with Gasteiger partial charge in [0.1, 0.15) is 5.56 Å². The maximum absolute atomic E-state index is 13.4. The third kappa shape index (κ3) is 4.08. The molecule has 0 aliphatic heterocycles. The van der Waals surface area contributed by atoms with Crippen LogP contribution in [-0.2, 0) is 19.5 Å². The molecule has 0 spiro atoms. The first-order valence-electron chi connectivity index (χ1n) is 10.1. The van der Waals surface area contributed by atoms with Crippen LogP contribution in [0.1, 0.15) is 56.1 Å². The molecule has 0 radical (unpaired) electrons. The number of rotatable bonds is 5. The van der Waals surface area contributed by atoms with Crippen LogP contribution >= 0.6 is 0 Å². The number of Topliss-reactive ketones (excluding diaryl/α,β-unsaturated/α-hetero) is 1. The highest BCUT2D eigenvalue weighted by atomic mass is 16.2. The summed E-state index contributed by atoms with van der Waals surface area (Å²) in [5.41, 5.74) is 3.40. The highest BCUT2D eigenvalue weighted by Gasteiger charge is 2.25. The van der Waals surface area contributed by atoms with Gasteiger partial charge >= 0.3 is 0 Å². The predicted octanol–water partition coefficient (Wildman–Crippen LogP) is 3.44. The van der Waals surface area contributed by atoms with Crippen LogP contribution in [-0.4, -0.2) is 26.6 Å². The number of pyridine rings is 2. The van der Waals surface area contributed by atoms with Gasteiger partial charge in [0.15, 0.2) is 5.78 Å². The summed E-state index contributed by atoms with van der Waals surface area (Å²) in [7, 11) is 0. The van der Waals surface area contributed by atoms with E-state index >= 15 is 0 Å². The lowest BCUT2D eigenvalue weighted by atomic mass is 9.93. The molecule has 0 fully saturated rings. The molecule has 6 heteroatoms. The van der Waals surface area contributed by atoms with E-state index in [9.17, 15) is 14.4 Å². The Hall–Kier alpha value is -3.54. The fourth-order valence-electron chi connectivity index (χ4n) is 3.78. The largest absolute Gasteiger partial charge is 0.328 e. The average molecular weight is 401 g/mol. The number of aryl methyl sites for hydroxylation is 2. The molecule has 2 heterocycles. The molecule has 1 amide bonds. The highest BCUT2D eigenvalue weighted by molar-refractivity contribution is 6.01. The third-order valence-electron chi connectivity index (χ3n) is 5.47. The molecule has 30 heavy (non-hydrogen) atoms. The van der Waals surface area contributed by atoms with Crippen LogP contribution in [0.4, 0.5) is 0 Å². The number of amides is 1. The number of aromatic amines is 1. The highest BCUT2D eigenvalue weighted by Crippen LogP contribution is 2.20. The Morgan fingerprint density at radius 2 is 1.87 bits per heavy atom. The lowest BCUT2D eigenvalue weighted by Crippen LogP contribution is -2.35. The van der Waals surface area contributed by atoms with Gasteiger partial charge in [0.2, 0.25) is 0 Å². The minimum absolute atomic E-state index is 0.00600. The minimum atomic E-state index is -0.454. The van der Waals surface area contributed by atoms with Crippen molar-refractivity contribution >= 4 is 11.7 Å². The number of hydrogen-bond donors (Lipinski definition) is 1. The molecule has 0 bridgehead atoms. The van der Waals surface area contributed by atoms with E-state index in [1.54, 1.807) is 11.1 Å². The molecule has 6 nitrogen and oxygen atoms in total. The second kappa shape index (κ2) is 8.45. The van der Waals surface area contributed by atoms with Crippen molar-refractivity contribution in [3.8, 4) is 0 Å². The number of carbonyl (C=O) groups is 2. The van der Waals surface area contributed by atoms with E-state index in [4.69, 9.17) is 0 Å². The van der Waals surface area contributed by atoms with Crippen molar-refractivity contribution in [2.45, 2.75) is 39.3 Å². The molecule has 152 valence electrons. The van der Waals surface area contributed by atoms with Crippen molar-refractivity contribution in [3.63, 3.8) is 0 Å². The number of aromatic nitrogens is 2. The number of benzene rings is 1. The summed E-state index contributed by atoms with van der Waals surface area (Å²) in [6.45, 7) is 2.59. The normalized spacial score (nSPS) is 13.0. The van der Waals surface area contributed by atoms with Gasteiger partial charge in [0.05, 0.1) is 12.2 Å². The standard InChI is InChI=1S/C24H23N3O3/c1-16-7-2-3-8-17(16)14-27(15-18-9-4-5-12-25-18)24(30)20-13-19-21(26-23(20)29)10-6-11-22(19)28/h2-5,7-9,12-13H,6,10-11,14-15H2,1H3,(H,26,29). The predicted molar refractivity (Wildman–Crippen MR) is 113 cm³/mol. The Morgan fingerprint density at radius 3 is 2.63 bits per heavy atom. The lowest BCUT2D eigenvalue weighted by Gasteiger charge is -2.24. The summed E-state index contributed by atoms with van der Waals surface area (Å²) >= 11 is 0. The second-order valence-corrected chi connectivity index (χ2v) is 7.59. The molecule has 1 aromatic carbocycles. The smallest absolute Gasteiger partial charge is 0.261 e. The Kier molecular flexibility index (Phi) is 5.57. The molecule has 1 aliphatic carbocycles. The van der Waals surface area contributed by atoms with Gasteiger partial charge in [0.25, 0.3) is 11.5 Å². The number of H-pyrrole nitrogens is 1. The molecule has 3 aromatic rings. The Labute approximate surface area is 174 Å². The monoisotopic (exact) mass is 401 g/mol. The maximum atomic E-state index is 13.4. The summed E-state index contributed by atoms with van der Waals surface area (Å²) in [5.74, 6) is -0.442. The molecule has 2 aromatic heterocycles. The van der Waals surface area contributed by atoms with E-state index in [1.165, 1.54) is 6.07 Å². The van der Waals surface area contributed by atoms with Gasteiger partial charge < -0.3 is 9.88 Å². The molecular weight excluding hydrogens is 378 g/mol. The first-order valence-corrected chi connectivity index (χ1v) is 10.1. The molecule has 4 rings (SSSR count). The quantitative estimate of drug-likeness (QED) is 0.710. The van der Waals surface area contributed by atoms with Gasteiger partial charge in [-0.3, -0.25) is 19.4 Å². The number of ketones is 1. The van der Waals surface area contributed by atoms with Crippen LogP contribution < -0.4 is 5.56 Å². The topological polar surface area (TPSA) is 83.1 Å². The van der Waals surface area contributed by atoms with E-state index < -0.39 is 11.5 Å². The fourth-order valence-corrected chi connectivity index (χ4v) is 3.78. The molecule has 1 N–H and O–H groups in total. The lowest BCUT2D eigenvalue weighted by molar-refractivity contribution is 0.0725. The van der Waals surface area contributed by atoms with Gasteiger partial charge in [-0.05, 0) is 49.1 Å². The van der Waals surface area contributed by atoms with Gasteiger partial charge in [-0.15, -0.1) is 0 Å². The first-order chi connectivity index (χ1) is 14.5. The van der Waals surface area contributed by atoms with E-state index in [-0.39, 0.29) is 17.9 Å². The van der Waals surface area contributed by atoms with Crippen LogP contribution in [0.3, 0.4) is 0 Å². The Balaban J connectivity index is 1.72. The molecule has 0 saturated heterocycles. The summed E-state index contributed by atoms with van der Waals surface area (Å²) in [6, 6.07) is 14.8. The van der Waals surface area contributed by atoms with Crippen molar-refractivity contribution in [2.75, 3.05) is 0 Å². The molecule has 0 atom stereocenters. The average Bonchev–Trinajstić information content (AvgIpc) is 2.75. The van der Waals surface area contributed by atoms with E-state index in [2.05, 4.69) is 9.97 Å². The van der Waals surface area contributed by atoms with Crippen LogP contribution in [0.25, 0.3) is 0 Å². The van der Waals surface area contributed by atoms with Gasteiger partial charge in [-0.2, -0.15) is 0 Å². The first kappa shape index (κ1) is 19.8. The van der Waals surface area contributed by atoms with Crippen LogP contribution in [0.5, 0.6) is 0 Å². The van der Waals surface area contributed by atoms with E-state index in [0.29, 0.717) is 37.1 Å². The molecule has 0 saturated carbocycles. The van der Waals surface area contributed by atoms with Gasteiger partial charge in [0, 0.05) is 30.4 Å². The van der Waals surface area contributed by atoms with Crippen molar-refractivity contribution < 1.29 is 9.59 Å². The zero-order chi connectivity index (χ0) is 21.1. The van der Waals surface area contributed by atoms with Gasteiger partial charge in [-0.1, -0.05) is 30.3 Å². The van der Waals surface area contributed by atoms with Crippen LogP contribution in [0.15, 0.2) is 59.5 Å². The van der Waals surface area contributed by atoms with Crippen molar-refractivity contribution in [1.29, 1.82) is 0 Å². The number of carbonyl (C=O) groups excluding carboxylic acids is 2. The number of nitrogens with zero attached hydrogens (tertiary/aromatic N) is 2. The number of hydrogen-bond acceptors (Lipinski definition) is 4. The summed E-state index contributed by atoms with van der Waals surface area (Å²) < 4.78 is 0. The van der Waals surface area contributed by atoms with Crippen LogP contribution in [0, 0.1) is 6.92 Å². The Bertz CT molecular complexity index is 1150. The molecule has 0 unspecified atom stereocenters. The number of fused-ring (bicyclic) bond motifs is 1. The van der Waals surface area contributed by atoms with Crippen LogP contribution in [0.2, 0.25) is 0 Å². The Morgan fingerprint density at radius 1 is 1.07 bits per heavy atom. The SMILES string of the molecule is Cc1ccccc1CN(Cc1ccccn1)C(=O)c1cc2c([nH]c1=O)CCCC2=O. The molecule has 1 aliphatic rings. The zero-order valence-electron chi connectivity index (χ0n) is 16.9. The maximum Gasteiger partial charge on any atom is 0.261 e. The van der Waals surface area contributed by atoms with Gasteiger partial charge in [-0.25, -0.2) is 0 Å². The molecular formula is C24H23N3O3. The van der Waals surface area contributed by atoms with Crippen molar-refractivity contribution in [1.82, 2.24) is 14.9 Å². The zero-order valence-corrected chi connectivity index (χ0v) is 16.9. The summed E-state index contributed by atoms with van der Waals surface area (Å²) in [6.07, 6.45) is 3.48. The third-order valence-corrected chi connectivity index (χ3v) is 5.47. The van der Waals surface area contributed by atoms with E-state index in [0.717, 1.165) is 16.8 Å². The summed E-state index contributed by atoms with van der Waals surface area (Å²) in [5, 5.41) is 0. The fraction of sp³-hybridized carbons (Fsp3) is 0.250. The van der Waals surface area contributed by atoms with Crippen molar-refractivity contribution in [3.05, 3.63) is 98.7 Å². The second-order valence-electron chi connectivity index (χ2n) is 7.59. The van der Waals surface area contributed by atoms with Crippen molar-refractivity contribution in [2.24, 2.45) is 0 Å². The number of nitrogens with one attached hydrogen (secondary N) is 1. The van der Waals surface area contributed by atoms with E-state index in [1.807, 2.05) is 49.4 Å². The summed E-state index contributed by atoms with van der Waals surface area (Å²) in [4.78, 5) is 47.1. The minimum Gasteiger partial charge on any atom is -0.328 e.